The van der Waals surface area contributed by atoms with Gasteiger partial charge in [0.1, 0.15) is 6.54 Å². The molecule has 0 atom stereocenters. The number of nitro benzene ring substituents is 1. The smallest absolute Gasteiger partial charge is 0.326 e. The number of methoxy groups -OCH3 is 1. The highest BCUT2D eigenvalue weighted by Crippen LogP contribution is 2.32. The summed E-state index contributed by atoms with van der Waals surface area (Å²) in [6.45, 7) is 3.23. The summed E-state index contributed by atoms with van der Waals surface area (Å²) in [7, 11) is -3.08. The molecule has 0 saturated heterocycles. The van der Waals surface area contributed by atoms with E-state index in [4.69, 9.17) is 0 Å². The highest BCUT2D eigenvalue weighted by Gasteiger charge is 2.31. The van der Waals surface area contributed by atoms with E-state index in [1.54, 1.807) is 12.1 Å². The summed E-state index contributed by atoms with van der Waals surface area (Å²) >= 11 is 0. The number of hydrogen-bond acceptors (Lipinski definition) is 6. The van der Waals surface area contributed by atoms with Gasteiger partial charge in [-0.2, -0.15) is 0 Å². The quantitative estimate of drug-likeness (QED) is 0.379. The normalized spacial score (nSPS) is 11.1. The van der Waals surface area contributed by atoms with Crippen molar-refractivity contribution in [2.45, 2.75) is 31.6 Å². The molecule has 0 saturated carbocycles. The first-order valence-electron chi connectivity index (χ1n) is 8.71. The minimum atomic E-state index is -4.25. The molecule has 9 heteroatoms. The monoisotopic (exact) mass is 406 g/mol. The lowest BCUT2D eigenvalue weighted by Crippen LogP contribution is -2.37. The van der Waals surface area contributed by atoms with Crippen LogP contribution < -0.4 is 4.31 Å². The molecular weight excluding hydrogens is 384 g/mol. The van der Waals surface area contributed by atoms with Crippen LogP contribution in [-0.4, -0.2) is 33.0 Å². The number of esters is 1. The second-order valence-corrected chi connectivity index (χ2v) is 7.84. The number of aryl methyl sites for hydroxylation is 2. The molecule has 0 bridgehead atoms. The van der Waals surface area contributed by atoms with Crippen molar-refractivity contribution in [2.24, 2.45) is 0 Å². The van der Waals surface area contributed by atoms with Gasteiger partial charge < -0.3 is 4.74 Å². The molecular formula is C19H22N2O6S. The predicted molar refractivity (Wildman–Crippen MR) is 105 cm³/mol. The average molecular weight is 406 g/mol. The van der Waals surface area contributed by atoms with E-state index in [9.17, 15) is 23.3 Å². The zero-order chi connectivity index (χ0) is 20.9. The molecule has 0 fully saturated rings. The van der Waals surface area contributed by atoms with Gasteiger partial charge in [0.15, 0.2) is 0 Å². The Hall–Kier alpha value is -2.94. The second kappa shape index (κ2) is 8.83. The van der Waals surface area contributed by atoms with Crippen LogP contribution in [0.25, 0.3) is 0 Å². The third-order valence-corrected chi connectivity index (χ3v) is 6.07. The molecule has 0 aromatic heterocycles. The maximum absolute atomic E-state index is 13.4. The van der Waals surface area contributed by atoms with Gasteiger partial charge >= 0.3 is 5.97 Å². The van der Waals surface area contributed by atoms with E-state index in [2.05, 4.69) is 4.74 Å². The average Bonchev–Trinajstić information content (AvgIpc) is 2.71. The number of carbonyl (C=O) groups is 1. The summed E-state index contributed by atoms with van der Waals surface area (Å²) < 4.78 is 32.5. The van der Waals surface area contributed by atoms with Crippen LogP contribution in [-0.2, 0) is 32.4 Å². The Kier molecular flexibility index (Phi) is 6.74. The van der Waals surface area contributed by atoms with Gasteiger partial charge in [-0.05, 0) is 30.0 Å². The number of non-ortho nitro benzene ring substituents is 1. The largest absolute Gasteiger partial charge is 0.468 e. The molecule has 0 amide bonds. The lowest BCUT2D eigenvalue weighted by Gasteiger charge is -2.27. The molecule has 0 aliphatic carbocycles. The number of ether oxygens (including phenoxy) is 1. The Labute approximate surface area is 163 Å². The van der Waals surface area contributed by atoms with E-state index in [0.717, 1.165) is 21.5 Å². The topological polar surface area (TPSA) is 107 Å². The fourth-order valence-corrected chi connectivity index (χ4v) is 4.41. The lowest BCUT2D eigenvalue weighted by atomic mass is 10.0. The number of carbonyl (C=O) groups excluding carboxylic acids is 1. The first-order valence-corrected chi connectivity index (χ1v) is 10.1. The third kappa shape index (κ3) is 4.30. The maximum atomic E-state index is 13.4. The number of hydrogen-bond donors (Lipinski definition) is 0. The van der Waals surface area contributed by atoms with Crippen LogP contribution in [0.5, 0.6) is 0 Å². The zero-order valence-corrected chi connectivity index (χ0v) is 16.7. The first kappa shape index (κ1) is 21.4. The number of sulfonamides is 1. The minimum absolute atomic E-state index is 0.265. The number of nitrogens with zero attached hydrogens (tertiary/aromatic N) is 2. The molecule has 28 heavy (non-hydrogen) atoms. The lowest BCUT2D eigenvalue weighted by molar-refractivity contribution is -0.385. The van der Waals surface area contributed by atoms with Gasteiger partial charge in [0.2, 0.25) is 0 Å². The number of para-hydroxylation sites is 1. The van der Waals surface area contributed by atoms with Gasteiger partial charge in [-0.25, -0.2) is 8.42 Å². The third-order valence-electron chi connectivity index (χ3n) is 4.33. The van der Waals surface area contributed by atoms with Crippen LogP contribution in [0.4, 0.5) is 11.4 Å². The molecule has 0 N–H and O–H groups in total. The summed E-state index contributed by atoms with van der Waals surface area (Å²) in [5.41, 5.74) is 1.55. The van der Waals surface area contributed by atoms with Crippen molar-refractivity contribution in [1.82, 2.24) is 0 Å². The molecule has 2 rings (SSSR count). The van der Waals surface area contributed by atoms with Crippen LogP contribution in [0.1, 0.15) is 25.0 Å². The van der Waals surface area contributed by atoms with Gasteiger partial charge in [0.05, 0.1) is 22.6 Å². The number of benzene rings is 2. The zero-order valence-electron chi connectivity index (χ0n) is 15.9. The van der Waals surface area contributed by atoms with E-state index in [0.29, 0.717) is 18.5 Å². The van der Waals surface area contributed by atoms with Crippen molar-refractivity contribution in [1.29, 1.82) is 0 Å². The molecule has 2 aromatic rings. The van der Waals surface area contributed by atoms with Crippen LogP contribution in [0, 0.1) is 10.1 Å². The van der Waals surface area contributed by atoms with Gasteiger partial charge in [-0.3, -0.25) is 19.2 Å². The van der Waals surface area contributed by atoms with E-state index >= 15 is 0 Å². The number of nitro groups is 1. The number of rotatable bonds is 8. The Bertz CT molecular complexity index is 965. The van der Waals surface area contributed by atoms with Crippen LogP contribution in [0.15, 0.2) is 47.4 Å². The van der Waals surface area contributed by atoms with Crippen molar-refractivity contribution in [3.8, 4) is 0 Å². The van der Waals surface area contributed by atoms with Crippen molar-refractivity contribution in [2.75, 3.05) is 18.0 Å². The molecule has 150 valence electrons. The van der Waals surface area contributed by atoms with Crippen molar-refractivity contribution >= 4 is 27.4 Å². The van der Waals surface area contributed by atoms with Gasteiger partial charge in [-0.1, -0.05) is 38.1 Å². The van der Waals surface area contributed by atoms with Crippen molar-refractivity contribution in [3.05, 3.63) is 63.7 Å². The summed E-state index contributed by atoms with van der Waals surface area (Å²) in [4.78, 5) is 22.1. The van der Waals surface area contributed by atoms with Gasteiger partial charge in [-0.15, -0.1) is 0 Å². The molecule has 0 heterocycles. The second-order valence-electron chi connectivity index (χ2n) is 5.97. The molecule has 0 aliphatic rings. The van der Waals surface area contributed by atoms with Crippen molar-refractivity contribution in [3.63, 3.8) is 0 Å². The molecule has 8 nitrogen and oxygen atoms in total. The van der Waals surface area contributed by atoms with Crippen molar-refractivity contribution < 1.29 is 22.9 Å². The summed E-state index contributed by atoms with van der Waals surface area (Å²) in [5.74, 6) is -0.734. The van der Waals surface area contributed by atoms with E-state index in [-0.39, 0.29) is 10.6 Å². The van der Waals surface area contributed by atoms with Gasteiger partial charge in [0.25, 0.3) is 15.7 Å². The Morgan fingerprint density at radius 2 is 1.68 bits per heavy atom. The van der Waals surface area contributed by atoms with E-state index in [1.165, 1.54) is 25.3 Å². The first-order chi connectivity index (χ1) is 13.3. The molecule has 0 unspecified atom stereocenters. The number of anilines is 1. The highest BCUT2D eigenvalue weighted by atomic mass is 32.2. The Balaban J connectivity index is 2.73. The van der Waals surface area contributed by atoms with Gasteiger partial charge in [0, 0.05) is 12.1 Å². The summed E-state index contributed by atoms with van der Waals surface area (Å²) in [5, 5.41) is 11.1. The van der Waals surface area contributed by atoms with E-state index in [1.807, 2.05) is 19.9 Å². The van der Waals surface area contributed by atoms with Crippen LogP contribution >= 0.6 is 0 Å². The predicted octanol–water partition coefficient (Wildman–Crippen LogP) is 3.09. The Morgan fingerprint density at radius 1 is 1.11 bits per heavy atom. The molecule has 0 aliphatic heterocycles. The fraction of sp³-hybridized carbons (Fsp3) is 0.316. The standard InChI is InChI=1S/C19H22N2O6S/c1-4-14-8-6-9-15(5-2)19(14)20(13-18(22)27-3)28(25,26)17-11-7-10-16(12-17)21(23)24/h6-12H,4-5,13H2,1-3H3. The SMILES string of the molecule is CCc1cccc(CC)c1N(CC(=O)OC)S(=O)(=O)c1cccc([N+](=O)[O-])c1. The fourth-order valence-electron chi connectivity index (χ4n) is 2.89. The highest BCUT2D eigenvalue weighted by molar-refractivity contribution is 7.92. The van der Waals surface area contributed by atoms with Crippen LogP contribution in [0.2, 0.25) is 0 Å². The summed E-state index contributed by atoms with van der Waals surface area (Å²) in [6.07, 6.45) is 1.09. The molecule has 0 spiro atoms. The maximum Gasteiger partial charge on any atom is 0.326 e. The Morgan fingerprint density at radius 3 is 2.18 bits per heavy atom. The minimum Gasteiger partial charge on any atom is -0.468 e. The van der Waals surface area contributed by atoms with Crippen LogP contribution in [0.3, 0.4) is 0 Å². The molecule has 2 aromatic carbocycles. The molecule has 0 radical (unpaired) electrons. The van der Waals surface area contributed by atoms with E-state index < -0.39 is 27.5 Å². The summed E-state index contributed by atoms with van der Waals surface area (Å²) in [6, 6.07) is 10.2.